The average molecular weight is 342 g/mol. The summed E-state index contributed by atoms with van der Waals surface area (Å²) in [5.41, 5.74) is 2.86. The molecule has 6 nitrogen and oxygen atoms in total. The first-order valence-corrected chi connectivity index (χ1v) is 9.25. The standard InChI is InChI=1S/C19H26N4O2/c1-14-4-3-7-23-13-15(20-19(14)23)12-18(25)22-10-8-21(9-11-22)16-5-2-6-17(16)24/h3-4,7,13,16-17,24H,2,5-6,8-12H2,1H3/t16-,17-/m1/s1. The number of pyridine rings is 1. The fraction of sp³-hybridized carbons (Fsp3) is 0.579. The molecule has 2 aromatic heterocycles. The van der Waals surface area contributed by atoms with Gasteiger partial charge in [-0.1, -0.05) is 6.07 Å². The number of aliphatic hydroxyl groups is 1. The van der Waals surface area contributed by atoms with Crippen LogP contribution in [0, 0.1) is 6.92 Å². The van der Waals surface area contributed by atoms with Gasteiger partial charge in [0.15, 0.2) is 0 Å². The number of aromatic nitrogens is 2. The maximum absolute atomic E-state index is 12.6. The molecule has 134 valence electrons. The molecule has 3 heterocycles. The molecule has 1 saturated carbocycles. The van der Waals surface area contributed by atoms with E-state index in [0.29, 0.717) is 12.5 Å². The highest BCUT2D eigenvalue weighted by atomic mass is 16.3. The maximum atomic E-state index is 12.6. The number of piperazine rings is 1. The number of hydrogen-bond donors (Lipinski definition) is 1. The van der Waals surface area contributed by atoms with Gasteiger partial charge in [-0.25, -0.2) is 4.98 Å². The zero-order valence-electron chi connectivity index (χ0n) is 14.8. The molecular formula is C19H26N4O2. The highest BCUT2D eigenvalue weighted by Gasteiger charge is 2.33. The fourth-order valence-corrected chi connectivity index (χ4v) is 4.21. The fourth-order valence-electron chi connectivity index (χ4n) is 4.21. The van der Waals surface area contributed by atoms with Gasteiger partial charge in [-0.05, 0) is 37.8 Å². The lowest BCUT2D eigenvalue weighted by atomic mass is 10.1. The molecule has 4 rings (SSSR count). The lowest BCUT2D eigenvalue weighted by molar-refractivity contribution is -0.132. The van der Waals surface area contributed by atoms with Crippen molar-refractivity contribution in [1.29, 1.82) is 0 Å². The minimum atomic E-state index is -0.191. The molecule has 6 heteroatoms. The molecule has 2 aliphatic rings. The Bertz CT molecular complexity index is 764. The number of fused-ring (bicyclic) bond motifs is 1. The molecule has 0 aromatic carbocycles. The molecule has 0 radical (unpaired) electrons. The number of imidazole rings is 1. The van der Waals surface area contributed by atoms with Gasteiger partial charge in [-0.3, -0.25) is 9.69 Å². The Balaban J connectivity index is 1.36. The van der Waals surface area contributed by atoms with Crippen molar-refractivity contribution < 1.29 is 9.90 Å². The second-order valence-electron chi connectivity index (χ2n) is 7.31. The van der Waals surface area contributed by atoms with Crippen molar-refractivity contribution in [2.45, 2.75) is 44.8 Å². The van der Waals surface area contributed by atoms with Crippen molar-refractivity contribution in [3.05, 3.63) is 35.8 Å². The van der Waals surface area contributed by atoms with E-state index in [4.69, 9.17) is 0 Å². The molecule has 0 spiro atoms. The molecule has 1 N–H and O–H groups in total. The van der Waals surface area contributed by atoms with Gasteiger partial charge in [-0.2, -0.15) is 0 Å². The maximum Gasteiger partial charge on any atom is 0.228 e. The Labute approximate surface area is 148 Å². The summed E-state index contributed by atoms with van der Waals surface area (Å²) < 4.78 is 1.98. The Kier molecular flexibility index (Phi) is 4.48. The molecule has 0 unspecified atom stereocenters. The normalized spacial score (nSPS) is 25.0. The molecule has 1 saturated heterocycles. The predicted molar refractivity (Wildman–Crippen MR) is 95.4 cm³/mol. The van der Waals surface area contributed by atoms with Crippen LogP contribution in [-0.2, 0) is 11.2 Å². The van der Waals surface area contributed by atoms with Crippen LogP contribution in [0.3, 0.4) is 0 Å². The van der Waals surface area contributed by atoms with Crippen LogP contribution in [0.5, 0.6) is 0 Å². The molecule has 25 heavy (non-hydrogen) atoms. The van der Waals surface area contributed by atoms with Gasteiger partial charge in [0, 0.05) is 44.6 Å². The topological polar surface area (TPSA) is 61.1 Å². The number of aryl methyl sites for hydroxylation is 1. The highest BCUT2D eigenvalue weighted by molar-refractivity contribution is 5.78. The van der Waals surface area contributed by atoms with Crippen molar-refractivity contribution in [2.75, 3.05) is 26.2 Å². The van der Waals surface area contributed by atoms with Crippen LogP contribution in [0.15, 0.2) is 24.5 Å². The summed E-state index contributed by atoms with van der Waals surface area (Å²) in [6, 6.07) is 4.32. The van der Waals surface area contributed by atoms with Crippen LogP contribution >= 0.6 is 0 Å². The number of rotatable bonds is 3. The predicted octanol–water partition coefficient (Wildman–Crippen LogP) is 1.24. The number of nitrogens with zero attached hydrogens (tertiary/aromatic N) is 4. The van der Waals surface area contributed by atoms with Crippen molar-refractivity contribution in [1.82, 2.24) is 19.2 Å². The molecule has 1 aliphatic heterocycles. The van der Waals surface area contributed by atoms with E-state index in [9.17, 15) is 9.90 Å². The molecule has 1 aliphatic carbocycles. The Morgan fingerprint density at radius 3 is 2.76 bits per heavy atom. The molecule has 2 atom stereocenters. The summed E-state index contributed by atoms with van der Waals surface area (Å²) in [5.74, 6) is 0.146. The summed E-state index contributed by atoms with van der Waals surface area (Å²) in [7, 11) is 0. The monoisotopic (exact) mass is 342 g/mol. The smallest absolute Gasteiger partial charge is 0.228 e. The molecular weight excluding hydrogens is 316 g/mol. The van der Waals surface area contributed by atoms with Crippen LogP contribution in [0.1, 0.15) is 30.5 Å². The van der Waals surface area contributed by atoms with Crippen LogP contribution in [0.2, 0.25) is 0 Å². The Hall–Kier alpha value is -1.92. The van der Waals surface area contributed by atoms with Gasteiger partial charge in [0.05, 0.1) is 18.2 Å². The van der Waals surface area contributed by atoms with Gasteiger partial charge < -0.3 is 14.4 Å². The van der Waals surface area contributed by atoms with Crippen molar-refractivity contribution in [3.63, 3.8) is 0 Å². The van der Waals surface area contributed by atoms with E-state index < -0.39 is 0 Å². The zero-order valence-corrected chi connectivity index (χ0v) is 14.8. The average Bonchev–Trinajstić information content (AvgIpc) is 3.21. The largest absolute Gasteiger partial charge is 0.391 e. The highest BCUT2D eigenvalue weighted by Crippen LogP contribution is 2.25. The first kappa shape index (κ1) is 16.5. The summed E-state index contributed by atoms with van der Waals surface area (Å²) >= 11 is 0. The van der Waals surface area contributed by atoms with Gasteiger partial charge in [-0.15, -0.1) is 0 Å². The lowest BCUT2D eigenvalue weighted by Gasteiger charge is -2.39. The number of amides is 1. The summed E-state index contributed by atoms with van der Waals surface area (Å²) in [6.45, 7) is 5.24. The number of carbonyl (C=O) groups excluding carboxylic acids is 1. The molecule has 0 bridgehead atoms. The van der Waals surface area contributed by atoms with Gasteiger partial charge >= 0.3 is 0 Å². The first-order chi connectivity index (χ1) is 12.1. The third-order valence-corrected chi connectivity index (χ3v) is 5.64. The second kappa shape index (κ2) is 6.77. The lowest BCUT2D eigenvalue weighted by Crippen LogP contribution is -2.53. The third kappa shape index (κ3) is 3.28. The minimum Gasteiger partial charge on any atom is -0.391 e. The molecule has 1 amide bonds. The summed E-state index contributed by atoms with van der Waals surface area (Å²) in [5, 5.41) is 10.1. The summed E-state index contributed by atoms with van der Waals surface area (Å²) in [4.78, 5) is 21.5. The van der Waals surface area contributed by atoms with Crippen molar-refractivity contribution >= 4 is 11.6 Å². The zero-order chi connectivity index (χ0) is 17.4. The van der Waals surface area contributed by atoms with Crippen molar-refractivity contribution in [3.8, 4) is 0 Å². The van der Waals surface area contributed by atoms with Crippen molar-refractivity contribution in [2.24, 2.45) is 0 Å². The summed E-state index contributed by atoms with van der Waals surface area (Å²) in [6.07, 6.45) is 7.18. The SMILES string of the molecule is Cc1cccn2cc(CC(=O)N3CCN([C@@H]4CCC[C@H]4O)CC3)nc12. The van der Waals surface area contributed by atoms with E-state index in [2.05, 4.69) is 9.88 Å². The molecule has 2 aromatic rings. The number of hydrogen-bond acceptors (Lipinski definition) is 4. The first-order valence-electron chi connectivity index (χ1n) is 9.25. The van der Waals surface area contributed by atoms with Gasteiger partial charge in [0.1, 0.15) is 5.65 Å². The van der Waals surface area contributed by atoms with Crippen LogP contribution in [0.25, 0.3) is 5.65 Å². The van der Waals surface area contributed by atoms with Crippen LogP contribution in [-0.4, -0.2) is 68.5 Å². The van der Waals surface area contributed by atoms with Crippen LogP contribution < -0.4 is 0 Å². The van der Waals surface area contributed by atoms with Gasteiger partial charge in [0.25, 0.3) is 0 Å². The Morgan fingerprint density at radius 1 is 1.28 bits per heavy atom. The number of carbonyl (C=O) groups is 1. The van der Waals surface area contributed by atoms with E-state index in [1.54, 1.807) is 0 Å². The van der Waals surface area contributed by atoms with E-state index in [1.165, 1.54) is 0 Å². The minimum absolute atomic E-state index is 0.146. The van der Waals surface area contributed by atoms with Gasteiger partial charge in [0.2, 0.25) is 5.91 Å². The molecule has 2 fully saturated rings. The van der Waals surface area contributed by atoms with E-state index >= 15 is 0 Å². The van der Waals surface area contributed by atoms with E-state index in [-0.39, 0.29) is 12.0 Å². The second-order valence-corrected chi connectivity index (χ2v) is 7.31. The van der Waals surface area contributed by atoms with E-state index in [1.807, 2.05) is 40.8 Å². The third-order valence-electron chi connectivity index (χ3n) is 5.64. The number of aliphatic hydroxyl groups excluding tert-OH is 1. The van der Waals surface area contributed by atoms with Crippen LogP contribution in [0.4, 0.5) is 0 Å². The van der Waals surface area contributed by atoms with E-state index in [0.717, 1.165) is 62.3 Å². The quantitative estimate of drug-likeness (QED) is 0.912. The Morgan fingerprint density at radius 2 is 2.08 bits per heavy atom.